The first kappa shape index (κ1) is 12.8. The summed E-state index contributed by atoms with van der Waals surface area (Å²) in [6.45, 7) is 3.01. The van der Waals surface area contributed by atoms with Crippen molar-refractivity contribution in [1.29, 1.82) is 0 Å². The van der Waals surface area contributed by atoms with E-state index in [9.17, 15) is 0 Å². The van der Waals surface area contributed by atoms with Gasteiger partial charge >= 0.3 is 0 Å². The van der Waals surface area contributed by atoms with Crippen LogP contribution in [-0.4, -0.2) is 6.54 Å². The number of hydrogen-bond donors (Lipinski definition) is 1. The molecule has 3 rings (SSSR count). The van der Waals surface area contributed by atoms with Gasteiger partial charge in [-0.05, 0) is 48.2 Å². The highest BCUT2D eigenvalue weighted by atomic mass is 35.5. The van der Waals surface area contributed by atoms with Crippen molar-refractivity contribution in [2.45, 2.75) is 19.3 Å². The number of halogens is 2. The first-order chi connectivity index (χ1) is 9.15. The first-order valence-corrected chi connectivity index (χ1v) is 7.18. The quantitative estimate of drug-likeness (QED) is 0.775. The van der Waals surface area contributed by atoms with E-state index in [4.69, 9.17) is 23.2 Å². The van der Waals surface area contributed by atoms with Crippen LogP contribution in [0.3, 0.4) is 0 Å². The molecule has 0 aliphatic carbocycles. The van der Waals surface area contributed by atoms with E-state index in [1.54, 1.807) is 0 Å². The van der Waals surface area contributed by atoms with Crippen molar-refractivity contribution in [3.05, 3.63) is 63.1 Å². The fraction of sp³-hybridized carbons (Fsp3) is 0.250. The molecule has 1 aliphatic heterocycles. The lowest BCUT2D eigenvalue weighted by Gasteiger charge is -2.28. The lowest BCUT2D eigenvalue weighted by Crippen LogP contribution is -2.22. The Bertz CT molecular complexity index is 605. The van der Waals surface area contributed by atoms with Crippen molar-refractivity contribution in [2.24, 2.45) is 0 Å². The minimum absolute atomic E-state index is 0.491. The van der Waals surface area contributed by atoms with Crippen LogP contribution in [0, 0.1) is 6.92 Å². The summed E-state index contributed by atoms with van der Waals surface area (Å²) in [5.74, 6) is 0.491. The second-order valence-corrected chi connectivity index (χ2v) is 5.88. The molecule has 0 spiro atoms. The van der Waals surface area contributed by atoms with Crippen LogP contribution in [0.25, 0.3) is 0 Å². The van der Waals surface area contributed by atoms with Crippen LogP contribution >= 0.6 is 23.2 Å². The van der Waals surface area contributed by atoms with Gasteiger partial charge < -0.3 is 5.32 Å². The van der Waals surface area contributed by atoms with Crippen LogP contribution in [0.15, 0.2) is 36.4 Å². The molecule has 0 amide bonds. The SMILES string of the molecule is Cc1c(Cl)ccc2c1NC[C@@H](c1ccc(Cl)cc1)C2. The molecule has 1 aliphatic rings. The van der Waals surface area contributed by atoms with Gasteiger partial charge in [0.25, 0.3) is 0 Å². The van der Waals surface area contributed by atoms with Crippen molar-refractivity contribution in [3.63, 3.8) is 0 Å². The molecular weight excluding hydrogens is 277 g/mol. The van der Waals surface area contributed by atoms with Crippen LogP contribution in [0.4, 0.5) is 5.69 Å². The number of hydrogen-bond acceptors (Lipinski definition) is 1. The van der Waals surface area contributed by atoms with Crippen LogP contribution in [0.5, 0.6) is 0 Å². The highest BCUT2D eigenvalue weighted by molar-refractivity contribution is 6.31. The maximum absolute atomic E-state index is 6.16. The topological polar surface area (TPSA) is 12.0 Å². The Kier molecular flexibility index (Phi) is 3.42. The Hall–Kier alpha value is -1.18. The molecule has 0 bridgehead atoms. The molecule has 2 aromatic rings. The Morgan fingerprint density at radius 1 is 1.05 bits per heavy atom. The van der Waals surface area contributed by atoms with Gasteiger partial charge in [-0.3, -0.25) is 0 Å². The summed E-state index contributed by atoms with van der Waals surface area (Å²) in [6, 6.07) is 12.3. The molecule has 0 unspecified atom stereocenters. The molecule has 1 heterocycles. The highest BCUT2D eigenvalue weighted by Crippen LogP contribution is 2.35. The number of anilines is 1. The van der Waals surface area contributed by atoms with E-state index in [0.717, 1.165) is 28.6 Å². The smallest absolute Gasteiger partial charge is 0.0455 e. The molecule has 98 valence electrons. The van der Waals surface area contributed by atoms with E-state index < -0.39 is 0 Å². The molecule has 0 saturated heterocycles. The second-order valence-electron chi connectivity index (χ2n) is 5.04. The molecule has 0 fully saturated rings. The fourth-order valence-corrected chi connectivity index (χ4v) is 2.98. The lowest BCUT2D eigenvalue weighted by atomic mass is 9.87. The summed E-state index contributed by atoms with van der Waals surface area (Å²) in [4.78, 5) is 0. The van der Waals surface area contributed by atoms with Crippen LogP contribution in [-0.2, 0) is 6.42 Å². The molecule has 1 N–H and O–H groups in total. The minimum atomic E-state index is 0.491. The summed E-state index contributed by atoms with van der Waals surface area (Å²) in [5.41, 5.74) is 5.02. The van der Waals surface area contributed by atoms with Crippen LogP contribution < -0.4 is 5.32 Å². The van der Waals surface area contributed by atoms with Gasteiger partial charge in [0, 0.05) is 28.2 Å². The van der Waals surface area contributed by atoms with Gasteiger partial charge in [-0.1, -0.05) is 41.4 Å². The number of fused-ring (bicyclic) bond motifs is 1. The monoisotopic (exact) mass is 291 g/mol. The third-order valence-electron chi connectivity index (χ3n) is 3.82. The third kappa shape index (κ3) is 2.45. The number of rotatable bonds is 1. The summed E-state index contributed by atoms with van der Waals surface area (Å²) in [5, 5.41) is 5.13. The lowest BCUT2D eigenvalue weighted by molar-refractivity contribution is 0.694. The van der Waals surface area contributed by atoms with Crippen molar-refractivity contribution in [3.8, 4) is 0 Å². The average molecular weight is 292 g/mol. The van der Waals surface area contributed by atoms with Crippen molar-refractivity contribution in [2.75, 3.05) is 11.9 Å². The maximum atomic E-state index is 6.16. The first-order valence-electron chi connectivity index (χ1n) is 6.42. The Morgan fingerprint density at radius 2 is 1.79 bits per heavy atom. The zero-order valence-corrected chi connectivity index (χ0v) is 12.2. The van der Waals surface area contributed by atoms with Gasteiger partial charge in [0.2, 0.25) is 0 Å². The predicted molar refractivity (Wildman–Crippen MR) is 82.6 cm³/mol. The molecule has 1 nitrogen and oxygen atoms in total. The van der Waals surface area contributed by atoms with Gasteiger partial charge in [0.05, 0.1) is 0 Å². The molecule has 0 saturated carbocycles. The van der Waals surface area contributed by atoms with Crippen LogP contribution in [0.2, 0.25) is 10.0 Å². The van der Waals surface area contributed by atoms with E-state index in [-0.39, 0.29) is 0 Å². The van der Waals surface area contributed by atoms with E-state index in [1.807, 2.05) is 18.2 Å². The van der Waals surface area contributed by atoms with Gasteiger partial charge in [-0.15, -0.1) is 0 Å². The van der Waals surface area contributed by atoms with Gasteiger partial charge in [0.15, 0.2) is 0 Å². The maximum Gasteiger partial charge on any atom is 0.0455 e. The summed E-state index contributed by atoms with van der Waals surface area (Å²) >= 11 is 12.1. The molecule has 1 atom stereocenters. The van der Waals surface area contributed by atoms with Gasteiger partial charge in [-0.2, -0.15) is 0 Å². The Morgan fingerprint density at radius 3 is 2.53 bits per heavy atom. The number of nitrogens with one attached hydrogen (secondary N) is 1. The highest BCUT2D eigenvalue weighted by Gasteiger charge is 2.21. The van der Waals surface area contributed by atoms with Crippen molar-refractivity contribution >= 4 is 28.9 Å². The predicted octanol–water partition coefficient (Wildman–Crippen LogP) is 5.05. The van der Waals surface area contributed by atoms with E-state index in [0.29, 0.717) is 5.92 Å². The summed E-state index contributed by atoms with van der Waals surface area (Å²) < 4.78 is 0. The third-order valence-corrected chi connectivity index (χ3v) is 4.48. The molecular formula is C16H15Cl2N. The minimum Gasteiger partial charge on any atom is -0.384 e. The van der Waals surface area contributed by atoms with Crippen LogP contribution in [0.1, 0.15) is 22.6 Å². The van der Waals surface area contributed by atoms with E-state index in [2.05, 4.69) is 30.4 Å². The zero-order valence-electron chi connectivity index (χ0n) is 10.7. The van der Waals surface area contributed by atoms with Gasteiger partial charge in [-0.25, -0.2) is 0 Å². The molecule has 19 heavy (non-hydrogen) atoms. The Balaban J connectivity index is 1.90. The summed E-state index contributed by atoms with van der Waals surface area (Å²) in [7, 11) is 0. The summed E-state index contributed by atoms with van der Waals surface area (Å²) in [6.07, 6.45) is 1.04. The van der Waals surface area contributed by atoms with E-state index >= 15 is 0 Å². The standard InChI is InChI=1S/C16H15Cl2N/c1-10-15(18)7-4-12-8-13(9-19-16(10)12)11-2-5-14(17)6-3-11/h2-7,13,19H,8-9H2,1H3/t13-/m0/s1. The van der Waals surface area contributed by atoms with E-state index in [1.165, 1.54) is 16.8 Å². The molecule has 3 heteroatoms. The fourth-order valence-electron chi connectivity index (χ4n) is 2.69. The van der Waals surface area contributed by atoms with Gasteiger partial charge in [0.1, 0.15) is 0 Å². The Labute approximate surface area is 123 Å². The normalized spacial score (nSPS) is 17.7. The molecule has 0 aromatic heterocycles. The van der Waals surface area contributed by atoms with Crippen molar-refractivity contribution < 1.29 is 0 Å². The largest absolute Gasteiger partial charge is 0.384 e. The van der Waals surface area contributed by atoms with Crippen molar-refractivity contribution in [1.82, 2.24) is 0 Å². The molecule has 0 radical (unpaired) electrons. The average Bonchev–Trinajstić information content (AvgIpc) is 2.43. The zero-order chi connectivity index (χ0) is 13.4. The molecule has 2 aromatic carbocycles. The number of benzene rings is 2. The second kappa shape index (κ2) is 5.07.